The van der Waals surface area contributed by atoms with Crippen LogP contribution < -0.4 is 0 Å². The van der Waals surface area contributed by atoms with Crippen molar-refractivity contribution in [1.82, 2.24) is 0 Å². The lowest BCUT2D eigenvalue weighted by Crippen LogP contribution is -2.04. The zero-order valence-corrected chi connectivity index (χ0v) is 9.60. The number of cyclic esters (lactones) is 1. The van der Waals surface area contributed by atoms with E-state index in [1.165, 1.54) is 0 Å². The minimum absolute atomic E-state index is 0.114. The van der Waals surface area contributed by atoms with Crippen molar-refractivity contribution in [2.75, 3.05) is 0 Å². The van der Waals surface area contributed by atoms with Gasteiger partial charge in [0.1, 0.15) is 5.76 Å². The SMILES string of the molecule is O=C1OC(=CI)CC1c1ccccc1. The molecule has 2 rings (SSSR count). The molecule has 1 heterocycles. The van der Waals surface area contributed by atoms with Gasteiger partial charge in [-0.15, -0.1) is 0 Å². The van der Waals surface area contributed by atoms with E-state index in [-0.39, 0.29) is 11.9 Å². The first-order chi connectivity index (χ1) is 6.81. The Kier molecular flexibility index (Phi) is 2.86. The van der Waals surface area contributed by atoms with Crippen LogP contribution in [0.25, 0.3) is 0 Å². The Bertz CT molecular complexity index is 370. The summed E-state index contributed by atoms with van der Waals surface area (Å²) < 4.78 is 6.91. The van der Waals surface area contributed by atoms with Gasteiger partial charge in [0.15, 0.2) is 0 Å². The van der Waals surface area contributed by atoms with E-state index in [1.54, 1.807) is 0 Å². The standard InChI is InChI=1S/C11H9IO2/c12-7-9-6-10(11(13)14-9)8-4-2-1-3-5-8/h1-5,7,10H,6H2. The topological polar surface area (TPSA) is 26.3 Å². The van der Waals surface area contributed by atoms with E-state index in [0.717, 1.165) is 11.3 Å². The van der Waals surface area contributed by atoms with Gasteiger partial charge in [0.2, 0.25) is 0 Å². The van der Waals surface area contributed by atoms with E-state index in [4.69, 9.17) is 4.74 Å². The number of hydrogen-bond acceptors (Lipinski definition) is 2. The summed E-state index contributed by atoms with van der Waals surface area (Å²) in [5.41, 5.74) is 1.03. The lowest BCUT2D eigenvalue weighted by molar-refractivity contribution is -0.136. The van der Waals surface area contributed by atoms with Gasteiger partial charge in [0, 0.05) is 10.5 Å². The average molecular weight is 300 g/mol. The molecule has 2 nitrogen and oxygen atoms in total. The van der Waals surface area contributed by atoms with E-state index >= 15 is 0 Å². The first-order valence-electron chi connectivity index (χ1n) is 4.37. The van der Waals surface area contributed by atoms with E-state index in [2.05, 4.69) is 22.6 Å². The van der Waals surface area contributed by atoms with Gasteiger partial charge < -0.3 is 4.74 Å². The molecule has 0 spiro atoms. The van der Waals surface area contributed by atoms with Gasteiger partial charge in [0.25, 0.3) is 0 Å². The molecule has 1 saturated heterocycles. The summed E-state index contributed by atoms with van der Waals surface area (Å²) in [5, 5.41) is 0. The number of esters is 1. The summed E-state index contributed by atoms with van der Waals surface area (Å²) in [5.74, 6) is 0.515. The summed E-state index contributed by atoms with van der Waals surface area (Å²) in [4.78, 5) is 11.5. The molecule has 0 radical (unpaired) electrons. The number of carbonyl (C=O) groups is 1. The lowest BCUT2D eigenvalue weighted by atomic mass is 9.97. The second-order valence-electron chi connectivity index (χ2n) is 3.16. The average Bonchev–Trinajstić information content (AvgIpc) is 2.61. The van der Waals surface area contributed by atoms with E-state index < -0.39 is 0 Å². The highest BCUT2D eigenvalue weighted by Gasteiger charge is 2.31. The Morgan fingerprint density at radius 1 is 1.36 bits per heavy atom. The van der Waals surface area contributed by atoms with Crippen molar-refractivity contribution in [3.63, 3.8) is 0 Å². The summed E-state index contributed by atoms with van der Waals surface area (Å²) >= 11 is 2.09. The number of rotatable bonds is 1. The van der Waals surface area contributed by atoms with Gasteiger partial charge in [-0.25, -0.2) is 0 Å². The highest BCUT2D eigenvalue weighted by molar-refractivity contribution is 14.1. The maximum atomic E-state index is 11.5. The zero-order valence-electron chi connectivity index (χ0n) is 7.44. The lowest BCUT2D eigenvalue weighted by Gasteiger charge is -2.03. The molecule has 1 aromatic carbocycles. The second kappa shape index (κ2) is 4.13. The number of carbonyl (C=O) groups excluding carboxylic acids is 1. The predicted octanol–water partition coefficient (Wildman–Crippen LogP) is 2.99. The third kappa shape index (κ3) is 1.82. The van der Waals surface area contributed by atoms with Crippen LogP contribution in [0.15, 0.2) is 40.2 Å². The molecule has 3 heteroatoms. The number of hydrogen-bond donors (Lipinski definition) is 0. The van der Waals surface area contributed by atoms with Crippen molar-refractivity contribution in [2.24, 2.45) is 0 Å². The number of halogens is 1. The Hall–Kier alpha value is -0.840. The second-order valence-corrected chi connectivity index (χ2v) is 3.79. The minimum atomic E-state index is -0.140. The summed E-state index contributed by atoms with van der Waals surface area (Å²) in [6.07, 6.45) is 0.686. The maximum Gasteiger partial charge on any atom is 0.318 e. The molecule has 1 unspecified atom stereocenters. The first kappa shape index (κ1) is 9.71. The van der Waals surface area contributed by atoms with Crippen molar-refractivity contribution < 1.29 is 9.53 Å². The molecular weight excluding hydrogens is 291 g/mol. The molecule has 0 N–H and O–H groups in total. The molecule has 0 bridgehead atoms. The van der Waals surface area contributed by atoms with Crippen molar-refractivity contribution in [1.29, 1.82) is 0 Å². The van der Waals surface area contributed by atoms with Crippen LogP contribution in [-0.2, 0) is 9.53 Å². The van der Waals surface area contributed by atoms with Crippen LogP contribution in [-0.4, -0.2) is 5.97 Å². The highest BCUT2D eigenvalue weighted by Crippen LogP contribution is 2.33. The first-order valence-corrected chi connectivity index (χ1v) is 5.61. The molecule has 1 fully saturated rings. The molecular formula is C11H9IO2. The Morgan fingerprint density at radius 2 is 2.07 bits per heavy atom. The van der Waals surface area contributed by atoms with Crippen LogP contribution in [0.5, 0.6) is 0 Å². The monoisotopic (exact) mass is 300 g/mol. The maximum absolute atomic E-state index is 11.5. The molecule has 0 aliphatic carbocycles. The minimum Gasteiger partial charge on any atom is -0.430 e. The Morgan fingerprint density at radius 3 is 2.64 bits per heavy atom. The van der Waals surface area contributed by atoms with E-state index in [1.807, 2.05) is 34.4 Å². The largest absolute Gasteiger partial charge is 0.430 e. The van der Waals surface area contributed by atoms with Crippen molar-refractivity contribution in [3.05, 3.63) is 45.7 Å². The van der Waals surface area contributed by atoms with Crippen LogP contribution in [0.4, 0.5) is 0 Å². The van der Waals surface area contributed by atoms with Crippen LogP contribution in [0.1, 0.15) is 17.9 Å². The molecule has 0 aromatic heterocycles. The molecule has 72 valence electrons. The fourth-order valence-corrected chi connectivity index (χ4v) is 1.91. The van der Waals surface area contributed by atoms with Crippen LogP contribution in [0.3, 0.4) is 0 Å². The molecule has 1 aromatic rings. The van der Waals surface area contributed by atoms with Crippen molar-refractivity contribution in [2.45, 2.75) is 12.3 Å². The van der Waals surface area contributed by atoms with Crippen LogP contribution in [0.2, 0.25) is 0 Å². The van der Waals surface area contributed by atoms with Gasteiger partial charge in [-0.2, -0.15) is 0 Å². The molecule has 1 aliphatic rings. The normalized spacial score (nSPS) is 23.9. The quantitative estimate of drug-likeness (QED) is 0.589. The predicted molar refractivity (Wildman–Crippen MR) is 62.0 cm³/mol. The third-order valence-corrected chi connectivity index (χ3v) is 2.94. The van der Waals surface area contributed by atoms with Crippen LogP contribution >= 0.6 is 22.6 Å². The van der Waals surface area contributed by atoms with Gasteiger partial charge in [-0.1, -0.05) is 30.3 Å². The fourth-order valence-electron chi connectivity index (χ4n) is 1.53. The molecule has 1 aliphatic heterocycles. The van der Waals surface area contributed by atoms with Gasteiger partial charge >= 0.3 is 5.97 Å². The molecule has 0 saturated carbocycles. The molecule has 1 atom stereocenters. The van der Waals surface area contributed by atoms with Gasteiger partial charge in [-0.05, 0) is 28.2 Å². The Balaban J connectivity index is 2.25. The van der Waals surface area contributed by atoms with Crippen molar-refractivity contribution in [3.8, 4) is 0 Å². The number of ether oxygens (including phenoxy) is 1. The number of allylic oxidation sites excluding steroid dienone is 1. The fraction of sp³-hybridized carbons (Fsp3) is 0.182. The summed E-state index contributed by atoms with van der Waals surface area (Å²) in [7, 11) is 0. The van der Waals surface area contributed by atoms with Crippen molar-refractivity contribution >= 4 is 28.6 Å². The van der Waals surface area contributed by atoms with Gasteiger partial charge in [0.05, 0.1) is 5.92 Å². The van der Waals surface area contributed by atoms with Gasteiger partial charge in [-0.3, -0.25) is 4.79 Å². The van der Waals surface area contributed by atoms with E-state index in [0.29, 0.717) is 6.42 Å². The molecule has 14 heavy (non-hydrogen) atoms. The number of benzene rings is 1. The van der Waals surface area contributed by atoms with Crippen LogP contribution in [0, 0.1) is 0 Å². The molecule has 0 amide bonds. The summed E-state index contributed by atoms with van der Waals surface area (Å²) in [6.45, 7) is 0. The zero-order chi connectivity index (χ0) is 9.97. The Labute approximate surface area is 96.1 Å². The smallest absolute Gasteiger partial charge is 0.318 e. The summed E-state index contributed by atoms with van der Waals surface area (Å²) in [6, 6.07) is 9.74. The highest BCUT2D eigenvalue weighted by atomic mass is 127. The third-order valence-electron chi connectivity index (χ3n) is 2.25. The van der Waals surface area contributed by atoms with E-state index in [9.17, 15) is 4.79 Å².